The van der Waals surface area contributed by atoms with E-state index < -0.39 is 22.0 Å². The van der Waals surface area contributed by atoms with Gasteiger partial charge >= 0.3 is 0 Å². The van der Waals surface area contributed by atoms with Crippen LogP contribution in [0.1, 0.15) is 49.2 Å². The van der Waals surface area contributed by atoms with E-state index in [-0.39, 0.29) is 16.5 Å². The van der Waals surface area contributed by atoms with Gasteiger partial charge in [0.05, 0.1) is 24.7 Å². The van der Waals surface area contributed by atoms with Gasteiger partial charge in [-0.25, -0.2) is 13.1 Å². The lowest BCUT2D eigenvalue weighted by Gasteiger charge is -2.19. The van der Waals surface area contributed by atoms with Gasteiger partial charge < -0.3 is 14.8 Å². The normalized spacial score (nSPS) is 12.5. The Bertz CT molecular complexity index is 940. The quantitative estimate of drug-likeness (QED) is 0.649. The Balaban J connectivity index is 2.34. The number of hydrogen-bond donors (Lipinski definition) is 2. The van der Waals surface area contributed by atoms with Crippen LogP contribution in [0.3, 0.4) is 0 Å². The minimum absolute atomic E-state index is 0.000771. The van der Waals surface area contributed by atoms with Crippen LogP contribution >= 0.6 is 0 Å². The number of ether oxygens (including phenoxy) is 2. The number of methoxy groups -OCH3 is 2. The monoisotopic (exact) mass is 420 g/mol. The maximum absolute atomic E-state index is 13.0. The van der Waals surface area contributed by atoms with Crippen molar-refractivity contribution in [3.05, 3.63) is 53.6 Å². The summed E-state index contributed by atoms with van der Waals surface area (Å²) in [6.07, 6.45) is 0.558. The molecule has 2 aromatic carbocycles. The highest BCUT2D eigenvalue weighted by molar-refractivity contribution is 7.89. The second-order valence-electron chi connectivity index (χ2n) is 6.85. The zero-order valence-electron chi connectivity index (χ0n) is 17.4. The number of benzene rings is 2. The summed E-state index contributed by atoms with van der Waals surface area (Å²) >= 11 is 0. The van der Waals surface area contributed by atoms with E-state index in [1.54, 1.807) is 19.2 Å². The summed E-state index contributed by atoms with van der Waals surface area (Å²) in [6.45, 7) is 5.55. The smallest absolute Gasteiger partial charge is 0.255 e. The van der Waals surface area contributed by atoms with Gasteiger partial charge in [0.25, 0.3) is 5.91 Å². The second-order valence-corrected chi connectivity index (χ2v) is 8.56. The fourth-order valence-electron chi connectivity index (χ4n) is 2.85. The molecule has 158 valence electrons. The van der Waals surface area contributed by atoms with Crippen LogP contribution in [0.4, 0.5) is 0 Å². The summed E-state index contributed by atoms with van der Waals surface area (Å²) in [7, 11) is -0.851. The molecule has 7 nitrogen and oxygen atoms in total. The van der Waals surface area contributed by atoms with Crippen LogP contribution in [0.25, 0.3) is 0 Å². The minimum Gasteiger partial charge on any atom is -0.497 e. The van der Waals surface area contributed by atoms with Crippen LogP contribution in [0.5, 0.6) is 11.5 Å². The largest absolute Gasteiger partial charge is 0.497 e. The Hall–Kier alpha value is -2.58. The van der Waals surface area contributed by atoms with Crippen LogP contribution in [-0.2, 0) is 10.0 Å². The van der Waals surface area contributed by atoms with E-state index in [1.807, 2.05) is 32.9 Å². The first-order chi connectivity index (χ1) is 13.7. The highest BCUT2D eigenvalue weighted by Crippen LogP contribution is 2.26. The topological polar surface area (TPSA) is 93.7 Å². The first kappa shape index (κ1) is 22.7. The van der Waals surface area contributed by atoms with Crippen molar-refractivity contribution < 1.29 is 22.7 Å². The number of hydrogen-bond acceptors (Lipinski definition) is 5. The molecule has 2 rings (SSSR count). The van der Waals surface area contributed by atoms with Crippen molar-refractivity contribution in [2.24, 2.45) is 0 Å². The molecule has 0 unspecified atom stereocenters. The van der Waals surface area contributed by atoms with Crippen LogP contribution in [-0.4, -0.2) is 34.6 Å². The predicted molar refractivity (Wildman–Crippen MR) is 112 cm³/mol. The van der Waals surface area contributed by atoms with Crippen LogP contribution in [0, 0.1) is 0 Å². The first-order valence-electron chi connectivity index (χ1n) is 9.37. The number of rotatable bonds is 9. The Morgan fingerprint density at radius 1 is 1.03 bits per heavy atom. The molecule has 1 amide bonds. The molecule has 1 atom stereocenters. The standard InChI is InChI=1S/C21H28N2O5S/c1-6-19(15-7-9-16(27-4)10-8-15)23-29(25,26)17-11-12-20(28-5)18(13-17)21(24)22-14(2)3/h7-14,19,23H,6H2,1-5H3,(H,22,24)/t19-/m0/s1. The van der Waals surface area contributed by atoms with Crippen molar-refractivity contribution in [3.8, 4) is 11.5 Å². The molecule has 0 aliphatic heterocycles. The maximum Gasteiger partial charge on any atom is 0.255 e. The van der Waals surface area contributed by atoms with Crippen molar-refractivity contribution >= 4 is 15.9 Å². The minimum atomic E-state index is -3.86. The molecule has 2 N–H and O–H groups in total. The van der Waals surface area contributed by atoms with Gasteiger partial charge in [0.2, 0.25) is 10.0 Å². The molecule has 0 aromatic heterocycles. The molecule has 8 heteroatoms. The van der Waals surface area contributed by atoms with Crippen molar-refractivity contribution in [1.29, 1.82) is 0 Å². The molecule has 0 fully saturated rings. The van der Waals surface area contributed by atoms with Crippen molar-refractivity contribution in [2.75, 3.05) is 14.2 Å². The average molecular weight is 421 g/mol. The van der Waals surface area contributed by atoms with Crippen LogP contribution < -0.4 is 19.5 Å². The molecule has 29 heavy (non-hydrogen) atoms. The van der Waals surface area contributed by atoms with Gasteiger partial charge in [0.1, 0.15) is 11.5 Å². The molecule has 0 aliphatic rings. The molecule has 0 bridgehead atoms. The maximum atomic E-state index is 13.0. The summed E-state index contributed by atoms with van der Waals surface area (Å²) in [6, 6.07) is 11.0. The first-order valence-corrected chi connectivity index (χ1v) is 10.8. The molecule has 0 saturated carbocycles. The number of carbonyl (C=O) groups excluding carboxylic acids is 1. The van der Waals surface area contributed by atoms with Gasteiger partial charge in [-0.1, -0.05) is 19.1 Å². The summed E-state index contributed by atoms with van der Waals surface area (Å²) in [4.78, 5) is 12.5. The fourth-order valence-corrected chi connectivity index (χ4v) is 4.18. The Morgan fingerprint density at radius 2 is 1.69 bits per heavy atom. The Labute approximate surface area is 172 Å². The number of amides is 1. The third-order valence-electron chi connectivity index (χ3n) is 4.37. The van der Waals surface area contributed by atoms with E-state index in [0.717, 1.165) is 5.56 Å². The molecule has 0 radical (unpaired) electrons. The average Bonchev–Trinajstić information content (AvgIpc) is 2.71. The number of sulfonamides is 1. The molecular weight excluding hydrogens is 392 g/mol. The van der Waals surface area contributed by atoms with Gasteiger partial charge in [-0.2, -0.15) is 0 Å². The van der Waals surface area contributed by atoms with Crippen molar-refractivity contribution in [1.82, 2.24) is 10.0 Å². The zero-order chi connectivity index (χ0) is 21.6. The van der Waals surface area contributed by atoms with Crippen LogP contribution in [0.15, 0.2) is 47.4 Å². The lowest BCUT2D eigenvalue weighted by Crippen LogP contribution is -2.31. The van der Waals surface area contributed by atoms with Crippen LogP contribution in [0.2, 0.25) is 0 Å². The lowest BCUT2D eigenvalue weighted by molar-refractivity contribution is 0.0940. The molecule has 0 saturated heterocycles. The Kier molecular flexibility index (Phi) is 7.64. The van der Waals surface area contributed by atoms with E-state index in [0.29, 0.717) is 17.9 Å². The fraction of sp³-hybridized carbons (Fsp3) is 0.381. The third-order valence-corrected chi connectivity index (χ3v) is 5.84. The summed E-state index contributed by atoms with van der Waals surface area (Å²) in [5.74, 6) is 0.614. The molecule has 0 aliphatic carbocycles. The van der Waals surface area contributed by atoms with E-state index in [4.69, 9.17) is 9.47 Å². The summed E-state index contributed by atoms with van der Waals surface area (Å²) < 4.78 is 39.1. The third kappa shape index (κ3) is 5.71. The van der Waals surface area contributed by atoms with Gasteiger partial charge in [0, 0.05) is 12.1 Å². The second kappa shape index (κ2) is 9.76. The zero-order valence-corrected chi connectivity index (χ0v) is 18.2. The highest BCUT2D eigenvalue weighted by Gasteiger charge is 2.23. The molecular formula is C21H28N2O5S. The van der Waals surface area contributed by atoms with Gasteiger partial charge in [0.15, 0.2) is 0 Å². The highest BCUT2D eigenvalue weighted by atomic mass is 32.2. The SMILES string of the molecule is CC[C@H](NS(=O)(=O)c1ccc(OC)c(C(=O)NC(C)C)c1)c1ccc(OC)cc1. The van der Waals surface area contributed by atoms with Crippen molar-refractivity contribution in [3.63, 3.8) is 0 Å². The summed E-state index contributed by atoms with van der Waals surface area (Å²) in [5, 5.41) is 2.76. The predicted octanol–water partition coefficient (Wildman–Crippen LogP) is 3.27. The molecule has 0 heterocycles. The van der Waals surface area contributed by atoms with Gasteiger partial charge in [-0.05, 0) is 56.2 Å². The van der Waals surface area contributed by atoms with Gasteiger partial charge in [-0.3, -0.25) is 4.79 Å². The summed E-state index contributed by atoms with van der Waals surface area (Å²) in [5.41, 5.74) is 0.990. The lowest BCUT2D eigenvalue weighted by atomic mass is 10.1. The van der Waals surface area contributed by atoms with E-state index in [2.05, 4.69) is 10.0 Å². The van der Waals surface area contributed by atoms with E-state index in [9.17, 15) is 13.2 Å². The van der Waals surface area contributed by atoms with Gasteiger partial charge in [-0.15, -0.1) is 0 Å². The van der Waals surface area contributed by atoms with Crippen molar-refractivity contribution in [2.45, 2.75) is 44.2 Å². The number of nitrogens with one attached hydrogen (secondary N) is 2. The van der Waals surface area contributed by atoms with E-state index >= 15 is 0 Å². The molecule has 0 spiro atoms. The van der Waals surface area contributed by atoms with E-state index in [1.165, 1.54) is 25.3 Å². The number of carbonyl (C=O) groups is 1. The Morgan fingerprint density at radius 3 is 2.21 bits per heavy atom. The molecule has 2 aromatic rings.